The van der Waals surface area contributed by atoms with Crippen LogP contribution < -0.4 is 0 Å². The molecule has 0 amide bonds. The molecule has 0 aromatic heterocycles. The van der Waals surface area contributed by atoms with Crippen molar-refractivity contribution in [2.75, 3.05) is 52.7 Å². The highest BCUT2D eigenvalue weighted by atomic mass is 32.1. The second-order valence-corrected chi connectivity index (χ2v) is 8.36. The maximum absolute atomic E-state index is 10.2. The van der Waals surface area contributed by atoms with Gasteiger partial charge in [-0.3, -0.25) is 4.90 Å². The molecule has 0 bridgehead atoms. The Kier molecular flexibility index (Phi) is 17.0. The average Bonchev–Trinajstić information content (AvgIpc) is 2.60. The number of nitrogens with zero attached hydrogens (tertiary/aromatic N) is 1. The van der Waals surface area contributed by atoms with Crippen LogP contribution in [0.2, 0.25) is 0 Å². The molecule has 0 radical (unpaired) electrons. The van der Waals surface area contributed by atoms with Gasteiger partial charge in [-0.15, -0.1) is 0 Å². The van der Waals surface area contributed by atoms with Crippen LogP contribution in [0.3, 0.4) is 0 Å². The second kappa shape index (κ2) is 16.9. The predicted octanol–water partition coefficient (Wildman–Crippen LogP) is 2.37. The molecule has 0 aromatic rings. The van der Waals surface area contributed by atoms with Gasteiger partial charge in [-0.05, 0) is 24.1 Å². The van der Waals surface area contributed by atoms with Crippen LogP contribution in [-0.4, -0.2) is 84.4 Å². The molecule has 0 rings (SSSR count). The third-order valence-corrected chi connectivity index (χ3v) is 4.64. The molecular formula is C19H39NO5S2. The minimum Gasteiger partial charge on any atom is -0.477 e. The topological polar surface area (TPSA) is 71.4 Å². The molecule has 0 aliphatic rings. The Hall–Kier alpha value is 0.0400. The fraction of sp³-hybridized carbons (Fsp3) is 0.947. The third-order valence-electron chi connectivity index (χ3n) is 4.39. The summed E-state index contributed by atoms with van der Waals surface area (Å²) in [5, 5.41) is 20.5. The van der Waals surface area contributed by atoms with E-state index in [4.69, 9.17) is 26.4 Å². The van der Waals surface area contributed by atoms with E-state index in [0.717, 1.165) is 12.8 Å². The van der Waals surface area contributed by atoms with Crippen LogP contribution in [0.4, 0.5) is 0 Å². The maximum atomic E-state index is 10.2. The molecular weight excluding hydrogens is 386 g/mol. The summed E-state index contributed by atoms with van der Waals surface area (Å²) in [6.45, 7) is 11.9. The molecule has 0 fully saturated rings. The minimum atomic E-state index is -0.634. The van der Waals surface area contributed by atoms with Gasteiger partial charge in [0, 0.05) is 32.8 Å². The molecule has 162 valence electrons. The Morgan fingerprint density at radius 1 is 0.926 bits per heavy atom. The van der Waals surface area contributed by atoms with Crippen LogP contribution in [-0.2, 0) is 14.2 Å². The number of aliphatic hydroxyl groups excluding tert-OH is 2. The van der Waals surface area contributed by atoms with Crippen molar-refractivity contribution in [3.8, 4) is 0 Å². The molecule has 0 aliphatic carbocycles. The Labute approximate surface area is 176 Å². The largest absolute Gasteiger partial charge is 0.477 e. The smallest absolute Gasteiger partial charge is 0.216 e. The van der Waals surface area contributed by atoms with E-state index in [2.05, 4.69) is 40.3 Å². The average molecular weight is 426 g/mol. The highest BCUT2D eigenvalue weighted by Crippen LogP contribution is 2.04. The number of hydrogen-bond acceptors (Lipinski definition) is 7. The fourth-order valence-electron chi connectivity index (χ4n) is 2.27. The van der Waals surface area contributed by atoms with E-state index < -0.39 is 12.2 Å². The molecule has 0 saturated heterocycles. The van der Waals surface area contributed by atoms with Gasteiger partial charge in [-0.25, -0.2) is 0 Å². The highest BCUT2D eigenvalue weighted by Gasteiger charge is 2.17. The summed E-state index contributed by atoms with van der Waals surface area (Å²) in [6.07, 6.45) is 0.827. The molecule has 27 heavy (non-hydrogen) atoms. The monoisotopic (exact) mass is 425 g/mol. The summed E-state index contributed by atoms with van der Waals surface area (Å²) < 4.78 is 16.5. The zero-order valence-electron chi connectivity index (χ0n) is 17.3. The minimum absolute atomic E-state index is 0.185. The lowest BCUT2D eigenvalue weighted by molar-refractivity contribution is -0.0202. The third kappa shape index (κ3) is 16.7. The molecule has 6 nitrogen and oxygen atoms in total. The van der Waals surface area contributed by atoms with Gasteiger partial charge in [-0.2, -0.15) is 0 Å². The SMILES string of the molecule is CCC(C)COCC(O)CN(CCOC(=S)S)CC(O)COCC(C)CC. The lowest BCUT2D eigenvalue weighted by Gasteiger charge is -2.27. The zero-order chi connectivity index (χ0) is 20.7. The van der Waals surface area contributed by atoms with E-state index in [-0.39, 0.29) is 17.6 Å². The van der Waals surface area contributed by atoms with Crippen molar-refractivity contribution in [3.05, 3.63) is 0 Å². The van der Waals surface area contributed by atoms with Crippen molar-refractivity contribution >= 4 is 29.2 Å². The molecule has 0 saturated carbocycles. The Morgan fingerprint density at radius 3 is 1.74 bits per heavy atom. The van der Waals surface area contributed by atoms with Crippen LogP contribution in [0, 0.1) is 11.8 Å². The summed E-state index contributed by atoms with van der Waals surface area (Å²) >= 11 is 8.74. The first kappa shape index (κ1) is 27.0. The zero-order valence-corrected chi connectivity index (χ0v) is 19.0. The molecule has 2 N–H and O–H groups in total. The van der Waals surface area contributed by atoms with Crippen molar-refractivity contribution in [1.29, 1.82) is 0 Å². The number of aliphatic hydroxyl groups is 2. The summed E-state index contributed by atoms with van der Waals surface area (Å²) in [6, 6.07) is 0. The van der Waals surface area contributed by atoms with E-state index in [9.17, 15) is 10.2 Å². The van der Waals surface area contributed by atoms with Gasteiger partial charge in [0.05, 0.1) is 25.4 Å². The van der Waals surface area contributed by atoms with Crippen molar-refractivity contribution < 1.29 is 24.4 Å². The van der Waals surface area contributed by atoms with E-state index >= 15 is 0 Å². The number of rotatable bonds is 17. The first-order valence-electron chi connectivity index (χ1n) is 9.88. The fourth-order valence-corrected chi connectivity index (χ4v) is 2.44. The van der Waals surface area contributed by atoms with Crippen LogP contribution >= 0.6 is 24.8 Å². The van der Waals surface area contributed by atoms with E-state index in [0.29, 0.717) is 51.3 Å². The maximum Gasteiger partial charge on any atom is 0.216 e. The normalized spacial score (nSPS) is 16.1. The van der Waals surface area contributed by atoms with Gasteiger partial charge in [0.15, 0.2) is 0 Å². The van der Waals surface area contributed by atoms with Crippen LogP contribution in [0.15, 0.2) is 0 Å². The van der Waals surface area contributed by atoms with E-state index in [1.54, 1.807) is 0 Å². The van der Waals surface area contributed by atoms with Crippen LogP contribution in [0.25, 0.3) is 0 Å². The molecule has 0 heterocycles. The molecule has 0 spiro atoms. The first-order valence-corrected chi connectivity index (χ1v) is 10.7. The second-order valence-electron chi connectivity index (χ2n) is 7.28. The molecule has 4 atom stereocenters. The Morgan fingerprint density at radius 2 is 1.37 bits per heavy atom. The quantitative estimate of drug-likeness (QED) is 0.244. The summed E-state index contributed by atoms with van der Waals surface area (Å²) in [7, 11) is 0. The number of ether oxygens (including phenoxy) is 3. The van der Waals surface area contributed by atoms with Crippen molar-refractivity contribution in [2.24, 2.45) is 11.8 Å². The van der Waals surface area contributed by atoms with Gasteiger partial charge >= 0.3 is 0 Å². The van der Waals surface area contributed by atoms with Gasteiger partial charge in [0.1, 0.15) is 6.61 Å². The summed E-state index contributed by atoms with van der Waals surface area (Å²) in [5.74, 6) is 0.949. The van der Waals surface area contributed by atoms with Crippen LogP contribution in [0.1, 0.15) is 40.5 Å². The summed E-state index contributed by atoms with van der Waals surface area (Å²) in [4.78, 5) is 1.93. The van der Waals surface area contributed by atoms with Crippen molar-refractivity contribution in [1.82, 2.24) is 4.90 Å². The standard InChI is InChI=1S/C19H39NO5S2/c1-5-15(3)11-23-13-17(21)9-20(7-8-25-19(26)27)10-18(22)14-24-12-16(4)6-2/h15-18,21-22H,5-14H2,1-4H3,(H,26,27). The lowest BCUT2D eigenvalue weighted by Crippen LogP contribution is -2.42. The van der Waals surface area contributed by atoms with Crippen LogP contribution in [0.5, 0.6) is 0 Å². The van der Waals surface area contributed by atoms with E-state index in [1.165, 1.54) is 0 Å². The molecule has 0 aromatic carbocycles. The number of thiocarbonyl (C=S) groups is 1. The Balaban J connectivity index is 4.34. The van der Waals surface area contributed by atoms with Gasteiger partial charge in [0.25, 0.3) is 0 Å². The van der Waals surface area contributed by atoms with Crippen molar-refractivity contribution in [2.45, 2.75) is 52.7 Å². The predicted molar refractivity (Wildman–Crippen MR) is 117 cm³/mol. The van der Waals surface area contributed by atoms with Crippen molar-refractivity contribution in [3.63, 3.8) is 0 Å². The molecule has 4 unspecified atom stereocenters. The van der Waals surface area contributed by atoms with Gasteiger partial charge < -0.3 is 24.4 Å². The van der Waals surface area contributed by atoms with Gasteiger partial charge in [-0.1, -0.05) is 53.2 Å². The Bertz CT molecular complexity index is 352. The van der Waals surface area contributed by atoms with Gasteiger partial charge in [0.2, 0.25) is 4.38 Å². The first-order chi connectivity index (χ1) is 12.8. The summed E-state index contributed by atoms with van der Waals surface area (Å²) in [5.41, 5.74) is 0. The number of thiol groups is 1. The highest BCUT2D eigenvalue weighted by molar-refractivity contribution is 8.10. The molecule has 0 aliphatic heterocycles. The lowest BCUT2D eigenvalue weighted by atomic mass is 10.1. The molecule has 8 heteroatoms. The number of hydrogen-bond donors (Lipinski definition) is 3. The van der Waals surface area contributed by atoms with E-state index in [1.807, 2.05) is 4.90 Å².